The van der Waals surface area contributed by atoms with Gasteiger partial charge in [-0.3, -0.25) is 0 Å². The van der Waals surface area contributed by atoms with Crippen molar-refractivity contribution in [2.75, 3.05) is 32.8 Å². The normalized spacial score (nSPS) is 36.2. The van der Waals surface area contributed by atoms with Crippen LogP contribution >= 0.6 is 0 Å². The molecule has 2 fully saturated rings. The van der Waals surface area contributed by atoms with Gasteiger partial charge in [0, 0.05) is 19.2 Å². The fourth-order valence-electron chi connectivity index (χ4n) is 2.74. The van der Waals surface area contributed by atoms with Gasteiger partial charge in [-0.25, -0.2) is 0 Å². The minimum Gasteiger partial charge on any atom is -0.396 e. The number of nitrogens with one attached hydrogen (secondary N) is 1. The maximum atomic E-state index is 8.67. The molecule has 0 saturated carbocycles. The van der Waals surface area contributed by atoms with E-state index in [0.717, 1.165) is 31.3 Å². The van der Waals surface area contributed by atoms with Crippen molar-refractivity contribution in [2.45, 2.75) is 31.7 Å². The molecular weight excluding hydrogens is 176 g/mol. The molecule has 2 bridgehead atoms. The zero-order valence-electron chi connectivity index (χ0n) is 8.91. The molecule has 3 nitrogen and oxygen atoms in total. The molecule has 0 aliphatic carbocycles. The van der Waals surface area contributed by atoms with E-state index in [1.807, 2.05) is 0 Å². The predicted molar refractivity (Wildman–Crippen MR) is 57.3 cm³/mol. The van der Waals surface area contributed by atoms with E-state index in [4.69, 9.17) is 5.11 Å². The number of rotatable bonds is 5. The average Bonchev–Trinajstić information content (AvgIpc) is 2.59. The van der Waals surface area contributed by atoms with Crippen LogP contribution in [0.15, 0.2) is 0 Å². The zero-order chi connectivity index (χ0) is 9.80. The highest BCUT2D eigenvalue weighted by atomic mass is 16.2. The second-order valence-electron chi connectivity index (χ2n) is 4.63. The summed E-state index contributed by atoms with van der Waals surface area (Å²) in [4.78, 5) is 2.58. The minimum absolute atomic E-state index is 0.337. The van der Waals surface area contributed by atoms with Gasteiger partial charge in [0.2, 0.25) is 0 Å². The molecule has 2 aliphatic rings. The first-order chi connectivity index (χ1) is 6.90. The second-order valence-corrected chi connectivity index (χ2v) is 4.63. The molecule has 2 rings (SSSR count). The van der Waals surface area contributed by atoms with Crippen molar-refractivity contribution in [1.82, 2.24) is 10.2 Å². The molecular formula is C11H22N2O. The summed E-state index contributed by atoms with van der Waals surface area (Å²) in [5.41, 5.74) is 0. The summed E-state index contributed by atoms with van der Waals surface area (Å²) in [5, 5.41) is 12.3. The summed E-state index contributed by atoms with van der Waals surface area (Å²) >= 11 is 0. The van der Waals surface area contributed by atoms with E-state index in [1.54, 1.807) is 0 Å². The van der Waals surface area contributed by atoms with Gasteiger partial charge in [0.25, 0.3) is 0 Å². The average molecular weight is 198 g/mol. The highest BCUT2D eigenvalue weighted by Gasteiger charge is 2.33. The van der Waals surface area contributed by atoms with Crippen LogP contribution in [0.25, 0.3) is 0 Å². The number of piperidine rings is 1. The summed E-state index contributed by atoms with van der Waals surface area (Å²) in [6, 6.07) is 0.757. The van der Waals surface area contributed by atoms with Gasteiger partial charge in [0.05, 0.1) is 0 Å². The maximum absolute atomic E-state index is 8.67. The van der Waals surface area contributed by atoms with Crippen LogP contribution in [0.3, 0.4) is 0 Å². The predicted octanol–water partition coefficient (Wildman–Crippen LogP) is 0.443. The van der Waals surface area contributed by atoms with Gasteiger partial charge in [-0.2, -0.15) is 0 Å². The number of unbranched alkanes of at least 4 members (excludes halogenated alkanes) is 1. The quantitative estimate of drug-likeness (QED) is 0.629. The summed E-state index contributed by atoms with van der Waals surface area (Å²) in [5.74, 6) is 0.901. The molecule has 0 spiro atoms. The number of aliphatic hydroxyl groups is 1. The van der Waals surface area contributed by atoms with Gasteiger partial charge in [0.1, 0.15) is 0 Å². The largest absolute Gasteiger partial charge is 0.396 e. The third kappa shape index (κ3) is 2.47. The second kappa shape index (κ2) is 5.10. The molecule has 2 saturated heterocycles. The zero-order valence-corrected chi connectivity index (χ0v) is 8.91. The van der Waals surface area contributed by atoms with Crippen LogP contribution in [-0.2, 0) is 0 Å². The number of nitrogens with zero attached hydrogens (tertiary/aromatic N) is 1. The highest BCUT2D eigenvalue weighted by molar-refractivity contribution is 4.90. The Kier molecular flexibility index (Phi) is 3.79. The summed E-state index contributed by atoms with van der Waals surface area (Å²) in [7, 11) is 0. The first kappa shape index (κ1) is 10.4. The van der Waals surface area contributed by atoms with Crippen LogP contribution in [0.5, 0.6) is 0 Å². The monoisotopic (exact) mass is 198 g/mol. The van der Waals surface area contributed by atoms with Crippen molar-refractivity contribution >= 4 is 0 Å². The standard InChI is InChI=1S/C11H22N2O/c14-8-2-1-5-12-11-4-7-13-6-3-10(11)9-13/h10-12,14H,1-9H2. The van der Waals surface area contributed by atoms with Gasteiger partial charge in [0.15, 0.2) is 0 Å². The Bertz CT molecular complexity index is 175. The topological polar surface area (TPSA) is 35.5 Å². The number of fused-ring (bicyclic) bond motifs is 2. The van der Waals surface area contributed by atoms with E-state index >= 15 is 0 Å². The van der Waals surface area contributed by atoms with Crippen LogP contribution in [0.2, 0.25) is 0 Å². The van der Waals surface area contributed by atoms with E-state index in [2.05, 4.69) is 10.2 Å². The molecule has 0 aromatic rings. The first-order valence-corrected chi connectivity index (χ1v) is 5.97. The third-order valence-electron chi connectivity index (χ3n) is 3.63. The van der Waals surface area contributed by atoms with Crippen LogP contribution in [0, 0.1) is 5.92 Å². The first-order valence-electron chi connectivity index (χ1n) is 5.97. The maximum Gasteiger partial charge on any atom is 0.0431 e. The Balaban J connectivity index is 1.65. The smallest absolute Gasteiger partial charge is 0.0431 e. The lowest BCUT2D eigenvalue weighted by Gasteiger charge is -2.31. The van der Waals surface area contributed by atoms with Crippen molar-refractivity contribution in [1.29, 1.82) is 0 Å². The molecule has 3 atom stereocenters. The molecule has 82 valence electrons. The van der Waals surface area contributed by atoms with Gasteiger partial charge in [-0.1, -0.05) is 0 Å². The molecule has 0 aromatic heterocycles. The van der Waals surface area contributed by atoms with E-state index in [-0.39, 0.29) is 0 Å². The van der Waals surface area contributed by atoms with E-state index in [9.17, 15) is 0 Å². The molecule has 3 unspecified atom stereocenters. The van der Waals surface area contributed by atoms with E-state index in [0.29, 0.717) is 6.61 Å². The lowest BCUT2D eigenvalue weighted by atomic mass is 9.94. The molecule has 2 N–H and O–H groups in total. The molecule has 0 radical (unpaired) electrons. The minimum atomic E-state index is 0.337. The summed E-state index contributed by atoms with van der Waals surface area (Å²) < 4.78 is 0. The number of hydrogen-bond donors (Lipinski definition) is 2. The molecule has 2 aliphatic heterocycles. The van der Waals surface area contributed by atoms with Crippen LogP contribution in [-0.4, -0.2) is 48.8 Å². The fourth-order valence-corrected chi connectivity index (χ4v) is 2.74. The Labute approximate surface area is 86.5 Å². The van der Waals surface area contributed by atoms with Crippen LogP contribution in [0.4, 0.5) is 0 Å². The lowest BCUT2D eigenvalue weighted by molar-refractivity contribution is 0.219. The third-order valence-corrected chi connectivity index (χ3v) is 3.63. The Morgan fingerprint density at radius 1 is 1.21 bits per heavy atom. The fraction of sp³-hybridized carbons (Fsp3) is 1.00. The van der Waals surface area contributed by atoms with Gasteiger partial charge < -0.3 is 15.3 Å². The van der Waals surface area contributed by atoms with Crippen molar-refractivity contribution in [3.63, 3.8) is 0 Å². The molecule has 3 heteroatoms. The molecule has 14 heavy (non-hydrogen) atoms. The Morgan fingerprint density at radius 2 is 2.07 bits per heavy atom. The SMILES string of the molecule is OCCCCNC1CCN2CCC1C2. The van der Waals surface area contributed by atoms with Crippen molar-refractivity contribution in [2.24, 2.45) is 5.92 Å². The lowest BCUT2D eigenvalue weighted by Crippen LogP contribution is -2.44. The summed E-state index contributed by atoms with van der Waals surface area (Å²) in [6.45, 7) is 5.34. The van der Waals surface area contributed by atoms with Gasteiger partial charge >= 0.3 is 0 Å². The van der Waals surface area contributed by atoms with Gasteiger partial charge in [-0.05, 0) is 51.2 Å². The molecule has 0 amide bonds. The van der Waals surface area contributed by atoms with Gasteiger partial charge in [-0.15, -0.1) is 0 Å². The number of aliphatic hydroxyl groups excluding tert-OH is 1. The molecule has 0 aromatic carbocycles. The Hall–Kier alpha value is -0.120. The van der Waals surface area contributed by atoms with Crippen molar-refractivity contribution < 1.29 is 5.11 Å². The number of hydrogen-bond acceptors (Lipinski definition) is 3. The van der Waals surface area contributed by atoms with Crippen molar-refractivity contribution in [3.05, 3.63) is 0 Å². The Morgan fingerprint density at radius 3 is 2.93 bits per heavy atom. The van der Waals surface area contributed by atoms with E-state index < -0.39 is 0 Å². The van der Waals surface area contributed by atoms with E-state index in [1.165, 1.54) is 32.5 Å². The van der Waals surface area contributed by atoms with Crippen LogP contribution < -0.4 is 5.32 Å². The molecule has 2 heterocycles. The van der Waals surface area contributed by atoms with Crippen molar-refractivity contribution in [3.8, 4) is 0 Å². The summed E-state index contributed by atoms with van der Waals surface area (Å²) in [6.07, 6.45) is 4.77. The highest BCUT2D eigenvalue weighted by Crippen LogP contribution is 2.26. The van der Waals surface area contributed by atoms with Crippen LogP contribution in [0.1, 0.15) is 25.7 Å².